The molecule has 1 amide bonds. The number of hydrogen-bond acceptors (Lipinski definition) is 4. The molecule has 1 aliphatic rings. The SMILES string of the molecule is CN(Cc1cccc(Cl)c1)CC1CCC(C(=O)NN)O1. The quantitative estimate of drug-likeness (QED) is 0.488. The summed E-state index contributed by atoms with van der Waals surface area (Å²) in [4.78, 5) is 13.6. The minimum Gasteiger partial charge on any atom is -0.364 e. The van der Waals surface area contributed by atoms with Crippen LogP contribution < -0.4 is 11.3 Å². The number of rotatable bonds is 5. The summed E-state index contributed by atoms with van der Waals surface area (Å²) in [5.41, 5.74) is 3.30. The van der Waals surface area contributed by atoms with E-state index in [-0.39, 0.29) is 12.0 Å². The number of likely N-dealkylation sites (N-methyl/N-ethyl adjacent to an activating group) is 1. The van der Waals surface area contributed by atoms with Gasteiger partial charge in [0.2, 0.25) is 0 Å². The minimum atomic E-state index is -0.412. The van der Waals surface area contributed by atoms with Crippen molar-refractivity contribution in [3.05, 3.63) is 34.9 Å². The maximum atomic E-state index is 11.4. The number of carbonyl (C=O) groups is 1. The van der Waals surface area contributed by atoms with E-state index in [0.29, 0.717) is 0 Å². The van der Waals surface area contributed by atoms with E-state index in [2.05, 4.69) is 10.3 Å². The Bertz CT molecular complexity index is 469. The van der Waals surface area contributed by atoms with Gasteiger partial charge in [0.15, 0.2) is 0 Å². The van der Waals surface area contributed by atoms with E-state index >= 15 is 0 Å². The molecular formula is C14H20ClN3O2. The second kappa shape index (κ2) is 7.04. The van der Waals surface area contributed by atoms with Crippen LogP contribution in [0.2, 0.25) is 5.02 Å². The van der Waals surface area contributed by atoms with Crippen LogP contribution in [0.1, 0.15) is 18.4 Å². The molecule has 1 saturated heterocycles. The number of nitrogens with one attached hydrogen (secondary N) is 1. The molecule has 6 heteroatoms. The van der Waals surface area contributed by atoms with Crippen LogP contribution in [-0.4, -0.2) is 36.6 Å². The average Bonchev–Trinajstić information content (AvgIpc) is 2.86. The van der Waals surface area contributed by atoms with Crippen LogP contribution in [-0.2, 0) is 16.1 Å². The largest absolute Gasteiger partial charge is 0.364 e. The smallest absolute Gasteiger partial charge is 0.263 e. The van der Waals surface area contributed by atoms with Crippen molar-refractivity contribution in [2.75, 3.05) is 13.6 Å². The maximum Gasteiger partial charge on any atom is 0.263 e. The molecule has 0 aliphatic carbocycles. The normalized spacial score (nSPS) is 22.2. The van der Waals surface area contributed by atoms with E-state index in [9.17, 15) is 4.79 Å². The van der Waals surface area contributed by atoms with Crippen LogP contribution in [0, 0.1) is 0 Å². The molecular weight excluding hydrogens is 278 g/mol. The van der Waals surface area contributed by atoms with Crippen molar-refractivity contribution in [1.29, 1.82) is 0 Å². The number of amides is 1. The third-order valence-electron chi connectivity index (χ3n) is 3.40. The van der Waals surface area contributed by atoms with Gasteiger partial charge in [-0.15, -0.1) is 0 Å². The molecule has 2 atom stereocenters. The van der Waals surface area contributed by atoms with Crippen molar-refractivity contribution < 1.29 is 9.53 Å². The predicted octanol–water partition coefficient (Wildman–Crippen LogP) is 1.31. The molecule has 3 N–H and O–H groups in total. The molecule has 0 aromatic heterocycles. The summed E-state index contributed by atoms with van der Waals surface area (Å²) in [7, 11) is 2.03. The van der Waals surface area contributed by atoms with Crippen molar-refractivity contribution in [2.24, 2.45) is 5.84 Å². The first-order valence-corrected chi connectivity index (χ1v) is 7.05. The lowest BCUT2D eigenvalue weighted by molar-refractivity contribution is -0.132. The molecule has 20 heavy (non-hydrogen) atoms. The van der Waals surface area contributed by atoms with Gasteiger partial charge in [0.05, 0.1) is 6.10 Å². The Morgan fingerprint density at radius 1 is 1.55 bits per heavy atom. The molecule has 1 fully saturated rings. The van der Waals surface area contributed by atoms with E-state index in [4.69, 9.17) is 22.2 Å². The highest BCUT2D eigenvalue weighted by atomic mass is 35.5. The molecule has 0 radical (unpaired) electrons. The Morgan fingerprint density at radius 2 is 2.35 bits per heavy atom. The summed E-state index contributed by atoms with van der Waals surface area (Å²) in [5.74, 6) is 4.87. The average molecular weight is 298 g/mol. The van der Waals surface area contributed by atoms with Crippen molar-refractivity contribution >= 4 is 17.5 Å². The van der Waals surface area contributed by atoms with Crippen LogP contribution in [0.5, 0.6) is 0 Å². The summed E-state index contributed by atoms with van der Waals surface area (Å²) >= 11 is 5.97. The van der Waals surface area contributed by atoms with E-state index in [1.54, 1.807) is 0 Å². The molecule has 1 aromatic rings. The first kappa shape index (κ1) is 15.3. The zero-order valence-electron chi connectivity index (χ0n) is 11.5. The van der Waals surface area contributed by atoms with Gasteiger partial charge in [0.25, 0.3) is 5.91 Å². The molecule has 0 bridgehead atoms. The topological polar surface area (TPSA) is 67.6 Å². The predicted molar refractivity (Wildman–Crippen MR) is 78.0 cm³/mol. The van der Waals surface area contributed by atoms with Crippen LogP contribution in [0.3, 0.4) is 0 Å². The fourth-order valence-corrected chi connectivity index (χ4v) is 2.70. The third-order valence-corrected chi connectivity index (χ3v) is 3.63. The second-order valence-electron chi connectivity index (χ2n) is 5.16. The van der Waals surface area contributed by atoms with Crippen LogP contribution >= 0.6 is 11.6 Å². The number of carbonyl (C=O) groups excluding carboxylic acids is 1. The Hall–Kier alpha value is -1.14. The van der Waals surface area contributed by atoms with Crippen LogP contribution in [0.4, 0.5) is 0 Å². The number of benzene rings is 1. The number of nitrogens with zero attached hydrogens (tertiary/aromatic N) is 1. The minimum absolute atomic E-state index is 0.0708. The highest BCUT2D eigenvalue weighted by molar-refractivity contribution is 6.30. The van der Waals surface area contributed by atoms with Gasteiger partial charge in [-0.3, -0.25) is 15.1 Å². The number of hydrazine groups is 1. The summed E-state index contributed by atoms with van der Waals surface area (Å²) < 4.78 is 5.69. The molecule has 5 nitrogen and oxygen atoms in total. The Kier molecular flexibility index (Phi) is 5.37. The fraction of sp³-hybridized carbons (Fsp3) is 0.500. The van der Waals surface area contributed by atoms with Gasteiger partial charge in [-0.1, -0.05) is 23.7 Å². The first-order chi connectivity index (χ1) is 9.58. The number of ether oxygens (including phenoxy) is 1. The summed E-state index contributed by atoms with van der Waals surface area (Å²) in [6.07, 6.45) is 1.25. The Morgan fingerprint density at radius 3 is 3.05 bits per heavy atom. The summed E-state index contributed by atoms with van der Waals surface area (Å²) in [6.45, 7) is 1.58. The number of hydrogen-bond donors (Lipinski definition) is 2. The number of halogens is 1. The van der Waals surface area contributed by atoms with Crippen molar-refractivity contribution in [2.45, 2.75) is 31.6 Å². The van der Waals surface area contributed by atoms with E-state index in [1.807, 2.05) is 31.3 Å². The van der Waals surface area contributed by atoms with Gasteiger partial charge in [-0.25, -0.2) is 5.84 Å². The van der Waals surface area contributed by atoms with Crippen LogP contribution in [0.25, 0.3) is 0 Å². The molecule has 2 unspecified atom stereocenters. The monoisotopic (exact) mass is 297 g/mol. The highest BCUT2D eigenvalue weighted by Gasteiger charge is 2.30. The third kappa shape index (κ3) is 4.18. The lowest BCUT2D eigenvalue weighted by Crippen LogP contribution is -2.39. The van der Waals surface area contributed by atoms with Gasteiger partial charge in [0.1, 0.15) is 6.10 Å². The van der Waals surface area contributed by atoms with E-state index in [0.717, 1.165) is 36.5 Å². The van der Waals surface area contributed by atoms with Crippen molar-refractivity contribution in [3.8, 4) is 0 Å². The lowest BCUT2D eigenvalue weighted by Gasteiger charge is -2.21. The first-order valence-electron chi connectivity index (χ1n) is 6.67. The lowest BCUT2D eigenvalue weighted by atomic mass is 10.1. The molecule has 1 aliphatic heterocycles. The zero-order valence-corrected chi connectivity index (χ0v) is 12.3. The molecule has 0 saturated carbocycles. The Balaban J connectivity index is 1.81. The maximum absolute atomic E-state index is 11.4. The highest BCUT2D eigenvalue weighted by Crippen LogP contribution is 2.21. The molecule has 2 rings (SSSR count). The van der Waals surface area contributed by atoms with Crippen molar-refractivity contribution in [3.63, 3.8) is 0 Å². The standard InChI is InChI=1S/C14H20ClN3O2/c1-18(8-10-3-2-4-11(15)7-10)9-12-5-6-13(20-12)14(19)17-16/h2-4,7,12-13H,5-6,8-9,16H2,1H3,(H,17,19). The second-order valence-corrected chi connectivity index (χ2v) is 5.60. The van der Waals surface area contributed by atoms with Crippen LogP contribution in [0.15, 0.2) is 24.3 Å². The Labute approximate surface area is 124 Å². The summed E-state index contributed by atoms with van der Waals surface area (Å²) in [6, 6.07) is 7.81. The van der Waals surface area contributed by atoms with Gasteiger partial charge >= 0.3 is 0 Å². The van der Waals surface area contributed by atoms with Gasteiger partial charge < -0.3 is 4.74 Å². The molecule has 0 spiro atoms. The fourth-order valence-electron chi connectivity index (χ4n) is 2.48. The number of nitrogens with two attached hydrogens (primary N) is 1. The molecule has 110 valence electrons. The van der Waals surface area contributed by atoms with E-state index in [1.165, 1.54) is 0 Å². The van der Waals surface area contributed by atoms with E-state index < -0.39 is 6.10 Å². The van der Waals surface area contributed by atoms with Gasteiger partial charge in [-0.2, -0.15) is 0 Å². The molecule has 1 heterocycles. The van der Waals surface area contributed by atoms with Gasteiger partial charge in [-0.05, 0) is 37.6 Å². The molecule has 1 aromatic carbocycles. The summed E-state index contributed by atoms with van der Waals surface area (Å²) in [5, 5.41) is 0.743. The van der Waals surface area contributed by atoms with Gasteiger partial charge in [0, 0.05) is 18.1 Å². The van der Waals surface area contributed by atoms with Crippen molar-refractivity contribution in [1.82, 2.24) is 10.3 Å². The zero-order chi connectivity index (χ0) is 14.5.